The number of hydrogen-bond donors (Lipinski definition) is 1. The van der Waals surface area contributed by atoms with E-state index < -0.39 is 0 Å². The lowest BCUT2D eigenvalue weighted by atomic mass is 9.43. The van der Waals surface area contributed by atoms with Crippen LogP contribution in [0.25, 0.3) is 0 Å². The summed E-state index contributed by atoms with van der Waals surface area (Å²) in [6.07, 6.45) is 10.7. The van der Waals surface area contributed by atoms with Gasteiger partial charge in [0.05, 0.1) is 18.0 Å². The van der Waals surface area contributed by atoms with Crippen LogP contribution in [0, 0.1) is 28.6 Å². The highest BCUT2D eigenvalue weighted by Gasteiger charge is 2.86. The minimum Gasteiger partial charge on any atom is -0.431 e. The predicted octanol–water partition coefficient (Wildman–Crippen LogP) is 4.65. The summed E-state index contributed by atoms with van der Waals surface area (Å²) in [5.74, 6) is 2.38. The van der Waals surface area contributed by atoms with Crippen molar-refractivity contribution in [1.82, 2.24) is 0 Å². The van der Waals surface area contributed by atoms with Gasteiger partial charge in [0, 0.05) is 11.5 Å². The van der Waals surface area contributed by atoms with Gasteiger partial charge in [-0.2, -0.15) is 0 Å². The molecule has 0 aromatic carbocycles. The van der Waals surface area contributed by atoms with Gasteiger partial charge in [0.15, 0.2) is 0 Å². The fourth-order valence-corrected chi connectivity index (χ4v) is 9.27. The van der Waals surface area contributed by atoms with E-state index in [1.807, 2.05) is 6.07 Å². The first-order valence-electron chi connectivity index (χ1n) is 11.7. The molecule has 158 valence electrons. The molecule has 29 heavy (non-hydrogen) atoms. The van der Waals surface area contributed by atoms with Crippen molar-refractivity contribution >= 4 is 0 Å². The van der Waals surface area contributed by atoms with Crippen LogP contribution >= 0.6 is 0 Å². The van der Waals surface area contributed by atoms with Gasteiger partial charge in [-0.1, -0.05) is 13.8 Å². The first-order valence-corrected chi connectivity index (χ1v) is 11.7. The zero-order chi connectivity index (χ0) is 20.2. The molecule has 5 aliphatic rings. The first kappa shape index (κ1) is 18.6. The standard InChI is InChI=1S/C25H34O4/c1-22-10-8-17(26)12-16(22)5-6-19-18(22)9-11-23(2)20(13-24(3)25(19,23)29-24)15-4-7-21(27)28-14-15/h4,7,14,16-20,26H,5-6,8-13H2,1-3H3. The van der Waals surface area contributed by atoms with E-state index in [1.54, 1.807) is 12.3 Å². The summed E-state index contributed by atoms with van der Waals surface area (Å²) in [4.78, 5) is 11.5. The van der Waals surface area contributed by atoms with E-state index >= 15 is 0 Å². The molecule has 5 fully saturated rings. The van der Waals surface area contributed by atoms with E-state index in [4.69, 9.17) is 9.15 Å². The molecule has 4 heteroatoms. The van der Waals surface area contributed by atoms with Gasteiger partial charge in [-0.05, 0) is 99.0 Å². The Labute approximate surface area is 173 Å². The number of rotatable bonds is 1. The number of aliphatic hydroxyl groups excluding tert-OH is 1. The van der Waals surface area contributed by atoms with E-state index in [0.29, 0.717) is 29.1 Å². The first-order chi connectivity index (χ1) is 13.7. The van der Waals surface area contributed by atoms with Gasteiger partial charge in [-0.15, -0.1) is 0 Å². The second-order valence-electron chi connectivity index (χ2n) is 11.6. The summed E-state index contributed by atoms with van der Waals surface area (Å²) in [6, 6.07) is 3.56. The molecule has 2 heterocycles. The smallest absolute Gasteiger partial charge is 0.335 e. The minimum absolute atomic E-state index is 0.0340. The van der Waals surface area contributed by atoms with Gasteiger partial charge in [0.1, 0.15) is 5.60 Å². The van der Waals surface area contributed by atoms with Crippen molar-refractivity contribution in [2.75, 3.05) is 0 Å². The average molecular weight is 399 g/mol. The molecule has 9 unspecified atom stereocenters. The predicted molar refractivity (Wildman–Crippen MR) is 110 cm³/mol. The van der Waals surface area contributed by atoms with E-state index in [2.05, 4.69) is 20.8 Å². The fraction of sp³-hybridized carbons (Fsp3) is 0.800. The molecule has 6 rings (SSSR count). The van der Waals surface area contributed by atoms with E-state index in [-0.39, 0.29) is 28.3 Å². The van der Waals surface area contributed by atoms with Crippen LogP contribution in [0.3, 0.4) is 0 Å². The third-order valence-corrected chi connectivity index (χ3v) is 10.6. The van der Waals surface area contributed by atoms with Gasteiger partial charge in [0.25, 0.3) is 0 Å². The van der Waals surface area contributed by atoms with E-state index in [9.17, 15) is 9.90 Å². The van der Waals surface area contributed by atoms with Crippen LogP contribution in [-0.4, -0.2) is 22.4 Å². The molecule has 1 spiro atoms. The summed E-state index contributed by atoms with van der Waals surface area (Å²) < 4.78 is 12.0. The lowest BCUT2D eigenvalue weighted by Gasteiger charge is -2.61. The highest BCUT2D eigenvalue weighted by molar-refractivity contribution is 5.39. The Bertz CT molecular complexity index is 888. The summed E-state index contributed by atoms with van der Waals surface area (Å²) in [7, 11) is 0. The molecule has 4 aliphatic carbocycles. The zero-order valence-corrected chi connectivity index (χ0v) is 17.9. The minimum atomic E-state index is -0.270. The van der Waals surface area contributed by atoms with Crippen molar-refractivity contribution in [2.45, 2.75) is 95.4 Å². The molecule has 1 aromatic heterocycles. The number of aliphatic hydroxyl groups is 1. The quantitative estimate of drug-likeness (QED) is 0.700. The Hall–Kier alpha value is -1.13. The highest BCUT2D eigenvalue weighted by atomic mass is 16.6. The molecule has 1 saturated heterocycles. The van der Waals surface area contributed by atoms with Crippen LogP contribution in [0.2, 0.25) is 0 Å². The molecule has 0 amide bonds. The third kappa shape index (κ3) is 2.10. The molecular weight excluding hydrogens is 364 g/mol. The van der Waals surface area contributed by atoms with E-state index in [1.165, 1.54) is 31.2 Å². The lowest BCUT2D eigenvalue weighted by Crippen LogP contribution is -2.58. The van der Waals surface area contributed by atoms with Crippen molar-refractivity contribution in [1.29, 1.82) is 0 Å². The van der Waals surface area contributed by atoms with Crippen LogP contribution in [-0.2, 0) is 4.74 Å². The maximum absolute atomic E-state index is 11.5. The number of ether oxygens (including phenoxy) is 1. The van der Waals surface area contributed by atoms with Gasteiger partial charge in [-0.3, -0.25) is 0 Å². The van der Waals surface area contributed by atoms with Gasteiger partial charge >= 0.3 is 5.63 Å². The van der Waals surface area contributed by atoms with Gasteiger partial charge in [-0.25, -0.2) is 4.79 Å². The second kappa shape index (κ2) is 5.56. The number of fused-ring (bicyclic) bond motifs is 3. The third-order valence-electron chi connectivity index (χ3n) is 10.6. The molecule has 0 radical (unpaired) electrons. The monoisotopic (exact) mass is 398 g/mol. The molecule has 4 nitrogen and oxygen atoms in total. The van der Waals surface area contributed by atoms with Crippen LogP contribution < -0.4 is 5.63 Å². The van der Waals surface area contributed by atoms with Crippen LogP contribution in [0.5, 0.6) is 0 Å². The van der Waals surface area contributed by atoms with Crippen molar-refractivity contribution in [3.63, 3.8) is 0 Å². The molecule has 1 aromatic rings. The summed E-state index contributed by atoms with van der Waals surface area (Å²) in [5.41, 5.74) is 1.26. The Morgan fingerprint density at radius 3 is 2.62 bits per heavy atom. The molecule has 1 aliphatic heterocycles. The maximum atomic E-state index is 11.5. The Balaban J connectivity index is 1.39. The fourth-order valence-electron chi connectivity index (χ4n) is 9.27. The average Bonchev–Trinajstić information content (AvgIpc) is 3.25. The maximum Gasteiger partial charge on any atom is 0.335 e. The van der Waals surface area contributed by atoms with E-state index in [0.717, 1.165) is 25.7 Å². The number of epoxide rings is 1. The van der Waals surface area contributed by atoms with Crippen molar-refractivity contribution in [3.05, 3.63) is 34.4 Å². The number of hydrogen-bond acceptors (Lipinski definition) is 4. The zero-order valence-electron chi connectivity index (χ0n) is 17.9. The van der Waals surface area contributed by atoms with Gasteiger partial charge < -0.3 is 14.3 Å². The largest absolute Gasteiger partial charge is 0.431 e. The topological polar surface area (TPSA) is 63.0 Å². The summed E-state index contributed by atoms with van der Waals surface area (Å²) in [6.45, 7) is 7.32. The lowest BCUT2D eigenvalue weighted by molar-refractivity contribution is -0.139. The van der Waals surface area contributed by atoms with Crippen molar-refractivity contribution in [3.8, 4) is 0 Å². The van der Waals surface area contributed by atoms with Crippen LogP contribution in [0.1, 0.15) is 83.6 Å². The van der Waals surface area contributed by atoms with Gasteiger partial charge in [0.2, 0.25) is 0 Å². The van der Waals surface area contributed by atoms with Crippen molar-refractivity contribution < 1.29 is 14.3 Å². The second-order valence-corrected chi connectivity index (χ2v) is 11.6. The Morgan fingerprint density at radius 2 is 1.86 bits per heavy atom. The summed E-state index contributed by atoms with van der Waals surface area (Å²) in [5, 5.41) is 10.3. The Morgan fingerprint density at radius 1 is 1.03 bits per heavy atom. The summed E-state index contributed by atoms with van der Waals surface area (Å²) >= 11 is 0. The molecule has 1 N–H and O–H groups in total. The van der Waals surface area contributed by atoms with Crippen LogP contribution in [0.4, 0.5) is 0 Å². The molecule has 0 bridgehead atoms. The highest BCUT2D eigenvalue weighted by Crippen LogP contribution is 2.82. The normalized spacial score (nSPS) is 55.4. The Kier molecular flexibility index (Phi) is 3.57. The molecule has 9 atom stereocenters. The van der Waals surface area contributed by atoms with Crippen molar-refractivity contribution in [2.24, 2.45) is 28.6 Å². The van der Waals surface area contributed by atoms with Crippen LogP contribution in [0.15, 0.2) is 27.6 Å². The molecule has 4 saturated carbocycles. The molecular formula is C25H34O4. The SMILES string of the molecule is CC12CCC(O)CC1CCC1C2CCC2(C)C(c3ccc(=O)oc3)CC3(C)OC132.